The summed E-state index contributed by atoms with van der Waals surface area (Å²) in [6.07, 6.45) is 0. The summed E-state index contributed by atoms with van der Waals surface area (Å²) in [6.45, 7) is 6.95. The van der Waals surface area contributed by atoms with Gasteiger partial charge < -0.3 is 10.1 Å². The van der Waals surface area contributed by atoms with Crippen molar-refractivity contribution in [3.05, 3.63) is 23.0 Å². The highest BCUT2D eigenvalue weighted by atomic mass is 35.5. The number of aryl methyl sites for hydroxylation is 1. The van der Waals surface area contributed by atoms with Gasteiger partial charge in [-0.25, -0.2) is 4.98 Å². The topological polar surface area (TPSA) is 34.1 Å². The van der Waals surface area contributed by atoms with Crippen LogP contribution in [0.4, 0.5) is 5.69 Å². The number of anilines is 1. The van der Waals surface area contributed by atoms with Crippen LogP contribution in [0.25, 0.3) is 0 Å². The van der Waals surface area contributed by atoms with Gasteiger partial charge in [0.2, 0.25) is 0 Å². The Morgan fingerprint density at radius 3 is 2.62 bits per heavy atom. The molecule has 0 amide bonds. The number of ether oxygens (including phenoxy) is 1. The van der Waals surface area contributed by atoms with Crippen LogP contribution >= 0.6 is 11.6 Å². The molecule has 1 rings (SSSR count). The zero-order chi connectivity index (χ0) is 12.1. The molecular formula is C12H19ClN2O. The summed E-state index contributed by atoms with van der Waals surface area (Å²) in [5, 5.41) is 3.95. The fourth-order valence-corrected chi connectivity index (χ4v) is 1.65. The van der Waals surface area contributed by atoms with Crippen LogP contribution in [0.3, 0.4) is 0 Å². The number of halogens is 1. The number of aromatic nitrogens is 1. The van der Waals surface area contributed by atoms with E-state index < -0.39 is 0 Å². The molecule has 1 atom stereocenters. The lowest BCUT2D eigenvalue weighted by atomic mass is 10.0. The molecule has 0 saturated heterocycles. The molecule has 0 aliphatic heterocycles. The molecule has 0 aliphatic rings. The Labute approximate surface area is 102 Å². The van der Waals surface area contributed by atoms with Gasteiger partial charge in [-0.3, -0.25) is 0 Å². The van der Waals surface area contributed by atoms with E-state index in [-0.39, 0.29) is 6.04 Å². The van der Waals surface area contributed by atoms with Crippen LogP contribution in [0.1, 0.15) is 19.5 Å². The zero-order valence-corrected chi connectivity index (χ0v) is 11.0. The van der Waals surface area contributed by atoms with Crippen LogP contribution in [-0.2, 0) is 4.74 Å². The summed E-state index contributed by atoms with van der Waals surface area (Å²) >= 11 is 5.81. The molecule has 1 aromatic rings. The first-order chi connectivity index (χ1) is 7.54. The van der Waals surface area contributed by atoms with E-state index in [4.69, 9.17) is 16.3 Å². The molecule has 16 heavy (non-hydrogen) atoms. The Kier molecular flexibility index (Phi) is 5.03. The minimum absolute atomic E-state index is 0.284. The van der Waals surface area contributed by atoms with Gasteiger partial charge in [0.25, 0.3) is 0 Å². The van der Waals surface area contributed by atoms with E-state index in [2.05, 4.69) is 24.1 Å². The summed E-state index contributed by atoms with van der Waals surface area (Å²) < 4.78 is 5.19. The van der Waals surface area contributed by atoms with Gasteiger partial charge in [-0.05, 0) is 25.0 Å². The smallest absolute Gasteiger partial charge is 0.129 e. The van der Waals surface area contributed by atoms with Gasteiger partial charge >= 0.3 is 0 Å². The van der Waals surface area contributed by atoms with Crippen molar-refractivity contribution in [1.82, 2.24) is 4.98 Å². The lowest BCUT2D eigenvalue weighted by Crippen LogP contribution is -2.30. The van der Waals surface area contributed by atoms with Crippen molar-refractivity contribution in [3.8, 4) is 0 Å². The Balaban J connectivity index is 2.77. The van der Waals surface area contributed by atoms with Gasteiger partial charge in [-0.2, -0.15) is 0 Å². The first-order valence-corrected chi connectivity index (χ1v) is 5.81. The second kappa shape index (κ2) is 6.06. The maximum absolute atomic E-state index is 5.81. The summed E-state index contributed by atoms with van der Waals surface area (Å²) in [7, 11) is 1.71. The van der Waals surface area contributed by atoms with Gasteiger partial charge in [0.1, 0.15) is 5.15 Å². The third kappa shape index (κ3) is 3.65. The molecule has 1 aromatic heterocycles. The van der Waals surface area contributed by atoms with E-state index in [1.54, 1.807) is 13.2 Å². The van der Waals surface area contributed by atoms with E-state index in [0.717, 1.165) is 11.4 Å². The van der Waals surface area contributed by atoms with Gasteiger partial charge in [-0.15, -0.1) is 0 Å². The third-order valence-corrected chi connectivity index (χ3v) is 2.75. The molecule has 0 radical (unpaired) electrons. The standard InChI is InChI=1S/C12H19ClN2O/c1-8(2)11(7-16-4)15-10-5-6-12(13)14-9(10)3/h5-6,8,11,15H,7H2,1-4H3. The molecule has 0 aromatic carbocycles. The Hall–Kier alpha value is -0.800. The minimum atomic E-state index is 0.284. The van der Waals surface area contributed by atoms with E-state index >= 15 is 0 Å². The van der Waals surface area contributed by atoms with Crippen molar-refractivity contribution in [2.45, 2.75) is 26.8 Å². The van der Waals surface area contributed by atoms with Crippen LogP contribution in [0.5, 0.6) is 0 Å². The first-order valence-electron chi connectivity index (χ1n) is 5.43. The number of hydrogen-bond donors (Lipinski definition) is 1. The number of hydrogen-bond acceptors (Lipinski definition) is 3. The normalized spacial score (nSPS) is 12.9. The maximum atomic E-state index is 5.81. The Morgan fingerprint density at radius 2 is 2.12 bits per heavy atom. The van der Waals surface area contributed by atoms with Crippen LogP contribution < -0.4 is 5.32 Å². The van der Waals surface area contributed by atoms with Crippen molar-refractivity contribution >= 4 is 17.3 Å². The maximum Gasteiger partial charge on any atom is 0.129 e. The van der Waals surface area contributed by atoms with Crippen LogP contribution in [0, 0.1) is 12.8 Å². The van der Waals surface area contributed by atoms with Crippen molar-refractivity contribution in [3.63, 3.8) is 0 Å². The predicted octanol–water partition coefficient (Wildman–Crippen LogP) is 3.13. The first kappa shape index (κ1) is 13.3. The van der Waals surface area contributed by atoms with Crippen molar-refractivity contribution < 1.29 is 4.74 Å². The molecular weight excluding hydrogens is 224 g/mol. The average molecular weight is 243 g/mol. The summed E-state index contributed by atoms with van der Waals surface area (Å²) in [6, 6.07) is 4.03. The molecule has 0 saturated carbocycles. The quantitative estimate of drug-likeness (QED) is 0.806. The highest BCUT2D eigenvalue weighted by molar-refractivity contribution is 6.29. The molecule has 1 N–H and O–H groups in total. The van der Waals surface area contributed by atoms with Crippen LogP contribution in [0.15, 0.2) is 12.1 Å². The third-order valence-electron chi connectivity index (χ3n) is 2.54. The number of methoxy groups -OCH3 is 1. The molecule has 0 spiro atoms. The highest BCUT2D eigenvalue weighted by Gasteiger charge is 2.14. The highest BCUT2D eigenvalue weighted by Crippen LogP contribution is 2.18. The van der Waals surface area contributed by atoms with Crippen molar-refractivity contribution in [2.75, 3.05) is 19.0 Å². The average Bonchev–Trinajstić information content (AvgIpc) is 2.20. The number of pyridine rings is 1. The molecule has 90 valence electrons. The SMILES string of the molecule is COCC(Nc1ccc(Cl)nc1C)C(C)C. The van der Waals surface area contributed by atoms with Gasteiger partial charge in [0.15, 0.2) is 0 Å². The monoisotopic (exact) mass is 242 g/mol. The molecule has 0 aliphatic carbocycles. The van der Waals surface area contributed by atoms with E-state index in [9.17, 15) is 0 Å². The number of rotatable bonds is 5. The summed E-state index contributed by atoms with van der Waals surface area (Å²) in [5.74, 6) is 0.495. The minimum Gasteiger partial charge on any atom is -0.383 e. The predicted molar refractivity (Wildman–Crippen MR) is 68.1 cm³/mol. The van der Waals surface area contributed by atoms with Crippen molar-refractivity contribution in [2.24, 2.45) is 5.92 Å². The second-order valence-corrected chi connectivity index (χ2v) is 4.60. The molecule has 3 nitrogen and oxygen atoms in total. The molecule has 4 heteroatoms. The summed E-state index contributed by atoms with van der Waals surface area (Å²) in [5.41, 5.74) is 1.93. The Bertz CT molecular complexity index is 342. The lowest BCUT2D eigenvalue weighted by Gasteiger charge is -2.23. The molecule has 0 bridgehead atoms. The second-order valence-electron chi connectivity index (χ2n) is 4.22. The van der Waals surface area contributed by atoms with E-state index in [1.807, 2.05) is 13.0 Å². The number of nitrogens with zero attached hydrogens (tertiary/aromatic N) is 1. The number of nitrogens with one attached hydrogen (secondary N) is 1. The fraction of sp³-hybridized carbons (Fsp3) is 0.583. The molecule has 0 fully saturated rings. The van der Waals surface area contributed by atoms with E-state index in [1.165, 1.54) is 0 Å². The summed E-state index contributed by atoms with van der Waals surface area (Å²) in [4.78, 5) is 4.21. The molecule has 1 heterocycles. The van der Waals surface area contributed by atoms with Gasteiger partial charge in [-0.1, -0.05) is 25.4 Å². The van der Waals surface area contributed by atoms with Crippen molar-refractivity contribution in [1.29, 1.82) is 0 Å². The lowest BCUT2D eigenvalue weighted by molar-refractivity contribution is 0.171. The van der Waals surface area contributed by atoms with Crippen LogP contribution in [0.2, 0.25) is 5.15 Å². The Morgan fingerprint density at radius 1 is 1.44 bits per heavy atom. The van der Waals surface area contributed by atoms with E-state index in [0.29, 0.717) is 17.7 Å². The van der Waals surface area contributed by atoms with Gasteiger partial charge in [0.05, 0.1) is 24.0 Å². The molecule has 1 unspecified atom stereocenters. The van der Waals surface area contributed by atoms with Gasteiger partial charge in [0, 0.05) is 7.11 Å². The van der Waals surface area contributed by atoms with Crippen LogP contribution in [-0.4, -0.2) is 24.7 Å². The largest absolute Gasteiger partial charge is 0.383 e. The zero-order valence-electron chi connectivity index (χ0n) is 10.2. The fourth-order valence-electron chi connectivity index (χ4n) is 1.46.